The monoisotopic (exact) mass is 282 g/mol. The van der Waals surface area contributed by atoms with E-state index in [9.17, 15) is 9.90 Å². The minimum Gasteiger partial charge on any atom is -0.508 e. The molecule has 1 aliphatic heterocycles. The lowest BCUT2D eigenvalue weighted by Crippen LogP contribution is -2.36. The number of aromatic nitrogens is 1. The van der Waals surface area contributed by atoms with Crippen LogP contribution >= 0.6 is 0 Å². The number of hydrogen-bond donors (Lipinski definition) is 1. The molecule has 1 N–H and O–H groups in total. The number of phenols is 1. The molecule has 1 aromatic heterocycles. The number of amides is 1. The number of phenolic OH excluding ortho intramolecular Hbond substituents is 1. The summed E-state index contributed by atoms with van der Waals surface area (Å²) in [6, 6.07) is 9.83. The van der Waals surface area contributed by atoms with Crippen LogP contribution in [0.25, 0.3) is 0 Å². The first-order valence-corrected chi connectivity index (χ1v) is 7.49. The van der Waals surface area contributed by atoms with E-state index >= 15 is 0 Å². The Morgan fingerprint density at radius 1 is 1.19 bits per heavy atom. The summed E-state index contributed by atoms with van der Waals surface area (Å²) in [5.41, 5.74) is 3.08. The fourth-order valence-electron chi connectivity index (χ4n) is 3.12. The van der Waals surface area contributed by atoms with E-state index in [1.54, 1.807) is 12.1 Å². The zero-order valence-electron chi connectivity index (χ0n) is 11.8. The number of carbonyl (C=O) groups is 1. The average Bonchev–Trinajstić information content (AvgIpc) is 3.23. The van der Waals surface area contributed by atoms with E-state index in [-0.39, 0.29) is 11.7 Å². The quantitative estimate of drug-likeness (QED) is 0.920. The van der Waals surface area contributed by atoms with Crippen molar-refractivity contribution >= 4 is 5.91 Å². The van der Waals surface area contributed by atoms with Crippen LogP contribution in [0.15, 0.2) is 36.5 Å². The molecule has 1 amide bonds. The van der Waals surface area contributed by atoms with Crippen LogP contribution in [0.5, 0.6) is 5.75 Å². The van der Waals surface area contributed by atoms with E-state index in [0.717, 1.165) is 24.2 Å². The molecule has 0 spiro atoms. The van der Waals surface area contributed by atoms with Crippen molar-refractivity contribution < 1.29 is 9.90 Å². The van der Waals surface area contributed by atoms with Gasteiger partial charge in [-0.1, -0.05) is 6.07 Å². The second kappa shape index (κ2) is 4.65. The maximum Gasteiger partial charge on any atom is 0.270 e. The molecule has 1 aromatic carbocycles. The van der Waals surface area contributed by atoms with Crippen molar-refractivity contribution in [3.63, 3.8) is 0 Å². The number of fused-ring (bicyclic) bond motifs is 1. The predicted molar refractivity (Wildman–Crippen MR) is 79.3 cm³/mol. The smallest absolute Gasteiger partial charge is 0.270 e. The summed E-state index contributed by atoms with van der Waals surface area (Å²) in [5, 5.41) is 9.61. The summed E-state index contributed by atoms with van der Waals surface area (Å²) in [6.45, 7) is 1.32. The maximum atomic E-state index is 12.8. The van der Waals surface area contributed by atoms with Gasteiger partial charge in [-0.2, -0.15) is 0 Å². The largest absolute Gasteiger partial charge is 0.508 e. The first-order chi connectivity index (χ1) is 10.2. The number of rotatable bonds is 2. The topological polar surface area (TPSA) is 45.5 Å². The molecular weight excluding hydrogens is 264 g/mol. The minimum absolute atomic E-state index is 0.0980. The van der Waals surface area contributed by atoms with Crippen LogP contribution in [-0.2, 0) is 13.0 Å². The van der Waals surface area contributed by atoms with Crippen LogP contribution in [0.2, 0.25) is 0 Å². The summed E-state index contributed by atoms with van der Waals surface area (Å²) >= 11 is 0. The highest BCUT2D eigenvalue weighted by Crippen LogP contribution is 2.36. The number of nitrogens with zero attached hydrogens (tertiary/aromatic N) is 2. The van der Waals surface area contributed by atoms with Crippen molar-refractivity contribution in [2.24, 2.45) is 0 Å². The summed E-state index contributed by atoms with van der Waals surface area (Å²) in [4.78, 5) is 14.6. The van der Waals surface area contributed by atoms with Gasteiger partial charge in [-0.15, -0.1) is 0 Å². The molecule has 0 atom stereocenters. The molecule has 21 heavy (non-hydrogen) atoms. The van der Waals surface area contributed by atoms with Crippen molar-refractivity contribution in [2.45, 2.75) is 31.8 Å². The van der Waals surface area contributed by atoms with Gasteiger partial charge in [0.2, 0.25) is 0 Å². The Labute approximate surface area is 123 Å². The van der Waals surface area contributed by atoms with Crippen LogP contribution in [0.1, 0.15) is 40.5 Å². The minimum atomic E-state index is 0.0980. The standard InChI is InChI=1S/C17H18N2O2/c20-15-6-3-12-7-9-18(11-13(12)10-15)17(21)16-2-1-8-19(16)14-4-5-14/h1-3,6,8,10,14,20H,4-5,7,9,11H2. The van der Waals surface area contributed by atoms with Gasteiger partial charge < -0.3 is 14.6 Å². The van der Waals surface area contributed by atoms with Gasteiger partial charge in [0.25, 0.3) is 5.91 Å². The Morgan fingerprint density at radius 3 is 2.86 bits per heavy atom. The Hall–Kier alpha value is -2.23. The highest BCUT2D eigenvalue weighted by molar-refractivity contribution is 5.93. The molecule has 1 saturated carbocycles. The highest BCUT2D eigenvalue weighted by Gasteiger charge is 2.29. The molecule has 4 rings (SSSR count). The fourth-order valence-corrected chi connectivity index (χ4v) is 3.12. The summed E-state index contributed by atoms with van der Waals surface area (Å²) < 4.78 is 2.11. The second-order valence-corrected chi connectivity index (χ2v) is 5.96. The lowest BCUT2D eigenvalue weighted by Gasteiger charge is -2.29. The molecule has 2 aliphatic rings. The number of hydrogen-bond acceptors (Lipinski definition) is 2. The zero-order valence-corrected chi connectivity index (χ0v) is 11.8. The second-order valence-electron chi connectivity index (χ2n) is 5.96. The van der Waals surface area contributed by atoms with Gasteiger partial charge in [0.15, 0.2) is 0 Å². The third-order valence-corrected chi connectivity index (χ3v) is 4.43. The Morgan fingerprint density at radius 2 is 2.05 bits per heavy atom. The normalized spacial score (nSPS) is 17.6. The molecule has 2 heterocycles. The van der Waals surface area contributed by atoms with Gasteiger partial charge in [0.05, 0.1) is 0 Å². The molecule has 1 aliphatic carbocycles. The van der Waals surface area contributed by atoms with Gasteiger partial charge in [0, 0.05) is 25.3 Å². The fraction of sp³-hybridized carbons (Fsp3) is 0.353. The van der Waals surface area contributed by atoms with Gasteiger partial charge in [-0.25, -0.2) is 0 Å². The van der Waals surface area contributed by atoms with E-state index in [1.807, 2.05) is 29.3 Å². The number of benzene rings is 1. The van der Waals surface area contributed by atoms with Crippen LogP contribution in [-0.4, -0.2) is 27.0 Å². The Balaban J connectivity index is 1.59. The molecule has 0 saturated heterocycles. The predicted octanol–water partition coefficient (Wildman–Crippen LogP) is 2.73. The molecule has 4 heteroatoms. The summed E-state index contributed by atoms with van der Waals surface area (Å²) in [5.74, 6) is 0.366. The third-order valence-electron chi connectivity index (χ3n) is 4.43. The van der Waals surface area contributed by atoms with Crippen molar-refractivity contribution in [1.29, 1.82) is 0 Å². The maximum absolute atomic E-state index is 12.8. The number of aromatic hydroxyl groups is 1. The van der Waals surface area contributed by atoms with Crippen molar-refractivity contribution in [3.8, 4) is 5.75 Å². The molecular formula is C17H18N2O2. The van der Waals surface area contributed by atoms with Gasteiger partial charge in [-0.3, -0.25) is 4.79 Å². The number of carbonyl (C=O) groups excluding carboxylic acids is 1. The molecule has 1 fully saturated rings. The van der Waals surface area contributed by atoms with E-state index in [0.29, 0.717) is 12.6 Å². The molecule has 2 aromatic rings. The van der Waals surface area contributed by atoms with Gasteiger partial charge >= 0.3 is 0 Å². The average molecular weight is 282 g/mol. The Bertz CT molecular complexity index is 701. The highest BCUT2D eigenvalue weighted by atomic mass is 16.3. The molecule has 0 unspecified atom stereocenters. The van der Waals surface area contributed by atoms with Crippen molar-refractivity contribution in [2.75, 3.05) is 6.54 Å². The van der Waals surface area contributed by atoms with Gasteiger partial charge in [0.1, 0.15) is 11.4 Å². The van der Waals surface area contributed by atoms with Crippen molar-refractivity contribution in [3.05, 3.63) is 53.3 Å². The lowest BCUT2D eigenvalue weighted by molar-refractivity contribution is 0.0723. The van der Waals surface area contributed by atoms with E-state index in [4.69, 9.17) is 0 Å². The zero-order chi connectivity index (χ0) is 14.4. The van der Waals surface area contributed by atoms with E-state index < -0.39 is 0 Å². The van der Waals surface area contributed by atoms with Crippen LogP contribution in [0, 0.1) is 0 Å². The molecule has 4 nitrogen and oxygen atoms in total. The van der Waals surface area contributed by atoms with Crippen molar-refractivity contribution in [1.82, 2.24) is 9.47 Å². The van der Waals surface area contributed by atoms with Crippen LogP contribution in [0.4, 0.5) is 0 Å². The lowest BCUT2D eigenvalue weighted by atomic mass is 9.99. The van der Waals surface area contributed by atoms with Crippen LogP contribution in [0.3, 0.4) is 0 Å². The molecule has 0 bridgehead atoms. The van der Waals surface area contributed by atoms with Crippen LogP contribution < -0.4 is 0 Å². The van der Waals surface area contributed by atoms with E-state index in [1.165, 1.54) is 18.4 Å². The summed E-state index contributed by atoms with van der Waals surface area (Å²) in [6.07, 6.45) is 5.21. The third kappa shape index (κ3) is 2.20. The van der Waals surface area contributed by atoms with Gasteiger partial charge in [-0.05, 0) is 54.7 Å². The molecule has 0 radical (unpaired) electrons. The SMILES string of the molecule is O=C(c1cccn1C1CC1)N1CCc2ccc(O)cc2C1. The molecule has 108 valence electrons. The summed E-state index contributed by atoms with van der Waals surface area (Å²) in [7, 11) is 0. The van der Waals surface area contributed by atoms with E-state index in [2.05, 4.69) is 4.57 Å². The first-order valence-electron chi connectivity index (χ1n) is 7.49. The first kappa shape index (κ1) is 12.5. The Kier molecular flexibility index (Phi) is 2.77.